The summed E-state index contributed by atoms with van der Waals surface area (Å²) in [5, 5.41) is 4.43. The number of anilines is 3. The van der Waals surface area contributed by atoms with Crippen molar-refractivity contribution in [3.05, 3.63) is 59.4 Å². The van der Waals surface area contributed by atoms with Gasteiger partial charge in [-0.15, -0.1) is 0 Å². The van der Waals surface area contributed by atoms with Gasteiger partial charge in [0.05, 0.1) is 41.0 Å². The first-order chi connectivity index (χ1) is 21.7. The number of nitrogens with one attached hydrogen (secondary N) is 1. The highest BCUT2D eigenvalue weighted by Crippen LogP contribution is 2.38. The molecule has 45 heavy (non-hydrogen) atoms. The van der Waals surface area contributed by atoms with E-state index in [1.165, 1.54) is 15.2 Å². The molecule has 0 unspecified atom stereocenters. The highest BCUT2D eigenvalue weighted by molar-refractivity contribution is 7.90. The Labute approximate surface area is 271 Å². The lowest BCUT2D eigenvalue weighted by Crippen LogP contribution is -2.52. The summed E-state index contributed by atoms with van der Waals surface area (Å²) in [5.74, 6) is 1.01. The number of rotatable bonds is 9. The van der Waals surface area contributed by atoms with Crippen molar-refractivity contribution < 1.29 is 13.2 Å². The van der Waals surface area contributed by atoms with Crippen molar-refractivity contribution in [1.29, 1.82) is 0 Å². The molecule has 0 radical (unpaired) electrons. The van der Waals surface area contributed by atoms with Gasteiger partial charge in [0.2, 0.25) is 16.0 Å². The Bertz CT molecular complexity index is 1780. The van der Waals surface area contributed by atoms with Gasteiger partial charge in [0.1, 0.15) is 5.75 Å². The van der Waals surface area contributed by atoms with E-state index >= 15 is 0 Å². The SMILES string of the molecule is CCc1cc(Nc2ncc(Cl)c(-c3cn(S(=O)(=O)CC)c4ccccc34)n2)c(OC)cc1N1CCC(N2CCN(C)CC2)CC1. The molecule has 4 aromatic rings. The normalized spacial score (nSPS) is 17.2. The molecule has 0 spiro atoms. The van der Waals surface area contributed by atoms with E-state index in [1.54, 1.807) is 32.5 Å². The molecule has 2 aliphatic rings. The van der Waals surface area contributed by atoms with E-state index in [4.69, 9.17) is 21.3 Å². The molecule has 0 bridgehead atoms. The average Bonchev–Trinajstić information content (AvgIpc) is 3.46. The topological polar surface area (TPSA) is 95.8 Å². The first kappa shape index (κ1) is 31.6. The van der Waals surface area contributed by atoms with Gasteiger partial charge in [0.25, 0.3) is 0 Å². The lowest BCUT2D eigenvalue weighted by atomic mass is 9.99. The first-order valence-electron chi connectivity index (χ1n) is 15.7. The van der Waals surface area contributed by atoms with E-state index in [9.17, 15) is 8.42 Å². The number of nitrogens with zero attached hydrogens (tertiary/aromatic N) is 6. The fourth-order valence-electron chi connectivity index (χ4n) is 6.56. The molecule has 0 atom stereocenters. The number of likely N-dealkylation sites (N-methyl/N-ethyl adjacent to an activating group) is 1. The number of piperazine rings is 1. The molecule has 0 aliphatic carbocycles. The molecule has 4 heterocycles. The number of aromatic nitrogens is 3. The van der Waals surface area contributed by atoms with E-state index in [0.29, 0.717) is 39.5 Å². The molecule has 2 aromatic heterocycles. The van der Waals surface area contributed by atoms with Crippen LogP contribution in [0.3, 0.4) is 0 Å². The van der Waals surface area contributed by atoms with Gasteiger partial charge >= 0.3 is 0 Å². The van der Waals surface area contributed by atoms with E-state index in [-0.39, 0.29) is 5.75 Å². The molecule has 10 nitrogen and oxygen atoms in total. The summed E-state index contributed by atoms with van der Waals surface area (Å²) in [6.45, 7) is 10.4. The maximum atomic E-state index is 12.9. The van der Waals surface area contributed by atoms with Gasteiger partial charge < -0.3 is 19.9 Å². The maximum Gasteiger partial charge on any atom is 0.238 e. The Balaban J connectivity index is 1.27. The zero-order valence-corrected chi connectivity index (χ0v) is 28.0. The second-order valence-corrected chi connectivity index (χ2v) is 14.4. The summed E-state index contributed by atoms with van der Waals surface area (Å²) in [7, 11) is 0.345. The van der Waals surface area contributed by atoms with E-state index in [2.05, 4.69) is 51.1 Å². The molecule has 12 heteroatoms. The summed E-state index contributed by atoms with van der Waals surface area (Å²) in [5.41, 5.74) is 4.84. The monoisotopic (exact) mass is 651 g/mol. The van der Waals surface area contributed by atoms with Crippen LogP contribution in [0.5, 0.6) is 5.75 Å². The number of aryl methyl sites for hydroxylation is 1. The van der Waals surface area contributed by atoms with Crippen LogP contribution in [0.4, 0.5) is 17.3 Å². The summed E-state index contributed by atoms with van der Waals surface area (Å²) >= 11 is 6.62. The number of methoxy groups -OCH3 is 1. The summed E-state index contributed by atoms with van der Waals surface area (Å²) < 4.78 is 33.0. The largest absolute Gasteiger partial charge is 0.494 e. The quantitative estimate of drug-likeness (QED) is 0.252. The molecule has 2 fully saturated rings. The standard InChI is InChI=1S/C33H42ClN7O3S/c1-5-23-19-28(31(44-4)20-30(23)40-13-11-24(12-14-40)39-17-15-38(3)16-18-39)36-33-35-21-27(34)32(37-33)26-22-41(45(42,43)6-2)29-10-8-7-9-25(26)29/h7-10,19-22,24H,5-6,11-18H2,1-4H3,(H,35,36,37). The van der Waals surface area contributed by atoms with Crippen molar-refractivity contribution in [2.24, 2.45) is 0 Å². The van der Waals surface area contributed by atoms with Crippen molar-refractivity contribution >= 4 is 49.9 Å². The van der Waals surface area contributed by atoms with Crippen molar-refractivity contribution in [3.63, 3.8) is 0 Å². The number of benzene rings is 2. The van der Waals surface area contributed by atoms with Crippen LogP contribution in [-0.4, -0.2) is 97.4 Å². The first-order valence-corrected chi connectivity index (χ1v) is 17.7. The summed E-state index contributed by atoms with van der Waals surface area (Å²) in [6.07, 6.45) is 6.32. The van der Waals surface area contributed by atoms with Crippen molar-refractivity contribution in [1.82, 2.24) is 23.7 Å². The number of hydrogen-bond donors (Lipinski definition) is 1. The van der Waals surface area contributed by atoms with Gasteiger partial charge in [-0.1, -0.05) is 36.7 Å². The Morgan fingerprint density at radius 2 is 1.78 bits per heavy atom. The van der Waals surface area contributed by atoms with Gasteiger partial charge in [-0.2, -0.15) is 0 Å². The number of halogens is 1. The zero-order chi connectivity index (χ0) is 31.7. The lowest BCUT2D eigenvalue weighted by molar-refractivity contribution is 0.0982. The van der Waals surface area contributed by atoms with Crippen LogP contribution >= 0.6 is 11.6 Å². The fraction of sp³-hybridized carbons (Fsp3) is 0.455. The van der Waals surface area contributed by atoms with Gasteiger partial charge in [-0.25, -0.2) is 22.4 Å². The molecule has 2 aliphatic heterocycles. The van der Waals surface area contributed by atoms with E-state index in [1.807, 2.05) is 18.2 Å². The number of hydrogen-bond acceptors (Lipinski definition) is 9. The predicted octanol–water partition coefficient (Wildman–Crippen LogP) is 5.48. The Kier molecular flexibility index (Phi) is 9.24. The third kappa shape index (κ3) is 6.36. The van der Waals surface area contributed by atoms with Crippen LogP contribution < -0.4 is 15.0 Å². The van der Waals surface area contributed by atoms with Crippen LogP contribution in [0.15, 0.2) is 48.8 Å². The molecule has 0 saturated carbocycles. The molecule has 1 N–H and O–H groups in total. The molecule has 2 aromatic carbocycles. The molecular weight excluding hydrogens is 610 g/mol. The highest BCUT2D eigenvalue weighted by atomic mass is 35.5. The summed E-state index contributed by atoms with van der Waals surface area (Å²) in [4.78, 5) is 16.8. The van der Waals surface area contributed by atoms with Gasteiger partial charge in [0, 0.05) is 74.2 Å². The van der Waals surface area contributed by atoms with Crippen molar-refractivity contribution in [2.75, 3.05) is 69.4 Å². The van der Waals surface area contributed by atoms with E-state index < -0.39 is 10.0 Å². The minimum atomic E-state index is -3.53. The lowest BCUT2D eigenvalue weighted by Gasteiger charge is -2.43. The predicted molar refractivity (Wildman–Crippen MR) is 183 cm³/mol. The molecule has 2 saturated heterocycles. The second kappa shape index (κ2) is 13.2. The van der Waals surface area contributed by atoms with Gasteiger partial charge in [-0.05, 0) is 50.9 Å². The molecular formula is C33H42ClN7O3S. The van der Waals surface area contributed by atoms with Gasteiger partial charge in [-0.3, -0.25) is 4.90 Å². The highest BCUT2D eigenvalue weighted by Gasteiger charge is 2.28. The smallest absolute Gasteiger partial charge is 0.238 e. The van der Waals surface area contributed by atoms with Gasteiger partial charge in [0.15, 0.2) is 0 Å². The van der Waals surface area contributed by atoms with Crippen LogP contribution in [0.25, 0.3) is 22.2 Å². The second-order valence-electron chi connectivity index (χ2n) is 11.9. The molecule has 6 rings (SSSR count). The Hall–Kier alpha value is -3.38. The third-order valence-electron chi connectivity index (χ3n) is 9.23. The average molecular weight is 652 g/mol. The van der Waals surface area contributed by atoms with Crippen LogP contribution in [-0.2, 0) is 16.4 Å². The Morgan fingerprint density at radius 3 is 2.47 bits per heavy atom. The van der Waals surface area contributed by atoms with Crippen LogP contribution in [0.1, 0.15) is 32.3 Å². The number of fused-ring (bicyclic) bond motifs is 1. The minimum absolute atomic E-state index is 0.0285. The number of para-hydroxylation sites is 1. The fourth-order valence-corrected chi connectivity index (χ4v) is 7.76. The Morgan fingerprint density at radius 1 is 1.04 bits per heavy atom. The van der Waals surface area contributed by atoms with Crippen LogP contribution in [0.2, 0.25) is 5.02 Å². The van der Waals surface area contributed by atoms with Crippen LogP contribution in [0, 0.1) is 0 Å². The minimum Gasteiger partial charge on any atom is -0.494 e. The molecule has 0 amide bonds. The number of piperidine rings is 1. The summed E-state index contributed by atoms with van der Waals surface area (Å²) in [6, 6.07) is 12.2. The number of ether oxygens (including phenoxy) is 1. The third-order valence-corrected chi connectivity index (χ3v) is 11.1. The van der Waals surface area contributed by atoms with E-state index in [0.717, 1.165) is 69.6 Å². The maximum absolute atomic E-state index is 12.9. The molecule has 240 valence electrons. The van der Waals surface area contributed by atoms with Crippen molar-refractivity contribution in [2.45, 2.75) is 39.2 Å². The zero-order valence-electron chi connectivity index (χ0n) is 26.5. The van der Waals surface area contributed by atoms with Crippen molar-refractivity contribution in [3.8, 4) is 17.0 Å².